The first kappa shape index (κ1) is 13.3. The van der Waals surface area contributed by atoms with E-state index in [4.69, 9.17) is 33.4 Å². The predicted molar refractivity (Wildman–Crippen MR) is 70.8 cm³/mol. The summed E-state index contributed by atoms with van der Waals surface area (Å²) in [7, 11) is 0. The fourth-order valence-electron chi connectivity index (χ4n) is 0.996. The SMILES string of the molecule is OCC(O)CNc1c(Cl)cc(I)cc1Cl. The van der Waals surface area contributed by atoms with E-state index in [2.05, 4.69) is 27.9 Å². The molecule has 0 aliphatic rings. The van der Waals surface area contributed by atoms with Crippen molar-refractivity contribution in [2.24, 2.45) is 0 Å². The van der Waals surface area contributed by atoms with E-state index in [1.165, 1.54) is 0 Å². The molecule has 0 saturated carbocycles. The number of nitrogens with one attached hydrogen (secondary N) is 1. The van der Waals surface area contributed by atoms with Crippen LogP contribution in [0, 0.1) is 3.57 Å². The molecule has 15 heavy (non-hydrogen) atoms. The molecule has 0 aliphatic heterocycles. The van der Waals surface area contributed by atoms with Crippen molar-refractivity contribution in [2.75, 3.05) is 18.5 Å². The highest BCUT2D eigenvalue weighted by molar-refractivity contribution is 14.1. The van der Waals surface area contributed by atoms with Crippen molar-refractivity contribution in [1.82, 2.24) is 0 Å². The molecule has 84 valence electrons. The lowest BCUT2D eigenvalue weighted by Crippen LogP contribution is -2.23. The summed E-state index contributed by atoms with van der Waals surface area (Å²) in [5.74, 6) is 0. The Morgan fingerprint density at radius 3 is 2.33 bits per heavy atom. The molecule has 3 nitrogen and oxygen atoms in total. The van der Waals surface area contributed by atoms with Crippen molar-refractivity contribution in [2.45, 2.75) is 6.10 Å². The monoisotopic (exact) mass is 361 g/mol. The second-order valence-electron chi connectivity index (χ2n) is 2.96. The first-order chi connectivity index (χ1) is 7.04. The number of halogens is 3. The molecule has 6 heteroatoms. The van der Waals surface area contributed by atoms with Gasteiger partial charge in [-0.05, 0) is 34.7 Å². The Hall–Kier alpha value is 0.250. The Labute approximate surface area is 112 Å². The topological polar surface area (TPSA) is 52.5 Å². The summed E-state index contributed by atoms with van der Waals surface area (Å²) in [6, 6.07) is 3.53. The molecule has 0 radical (unpaired) electrons. The van der Waals surface area contributed by atoms with Crippen molar-refractivity contribution >= 4 is 51.5 Å². The molecule has 0 spiro atoms. The van der Waals surface area contributed by atoms with E-state index in [0.717, 1.165) is 3.57 Å². The number of aliphatic hydroxyl groups is 2. The van der Waals surface area contributed by atoms with Crippen molar-refractivity contribution in [3.8, 4) is 0 Å². The molecule has 0 bridgehead atoms. The fourth-order valence-corrected chi connectivity index (χ4v) is 2.61. The third kappa shape index (κ3) is 3.96. The Balaban J connectivity index is 2.77. The minimum Gasteiger partial charge on any atom is -0.394 e. The van der Waals surface area contributed by atoms with E-state index >= 15 is 0 Å². The lowest BCUT2D eigenvalue weighted by Gasteiger charge is -2.13. The van der Waals surface area contributed by atoms with E-state index in [1.54, 1.807) is 12.1 Å². The molecule has 0 saturated heterocycles. The van der Waals surface area contributed by atoms with Crippen LogP contribution in [0.1, 0.15) is 0 Å². The average molecular weight is 362 g/mol. The zero-order valence-electron chi connectivity index (χ0n) is 7.67. The molecule has 3 N–H and O–H groups in total. The molecule has 0 aromatic heterocycles. The second-order valence-corrected chi connectivity index (χ2v) is 5.02. The van der Waals surface area contributed by atoms with Gasteiger partial charge in [-0.25, -0.2) is 0 Å². The second kappa shape index (κ2) is 6.10. The molecule has 1 aromatic rings. The number of rotatable bonds is 4. The van der Waals surface area contributed by atoms with Crippen molar-refractivity contribution in [1.29, 1.82) is 0 Å². The minimum absolute atomic E-state index is 0.205. The molecule has 0 heterocycles. The van der Waals surface area contributed by atoms with E-state index in [-0.39, 0.29) is 13.2 Å². The number of hydrogen-bond donors (Lipinski definition) is 3. The van der Waals surface area contributed by atoms with Gasteiger partial charge in [-0.15, -0.1) is 0 Å². The van der Waals surface area contributed by atoms with Crippen molar-refractivity contribution < 1.29 is 10.2 Å². The maximum atomic E-state index is 9.16. The van der Waals surface area contributed by atoms with Crippen LogP contribution in [-0.2, 0) is 0 Å². The van der Waals surface area contributed by atoms with Crippen LogP contribution in [0.15, 0.2) is 12.1 Å². The van der Waals surface area contributed by atoms with Gasteiger partial charge in [0, 0.05) is 10.1 Å². The lowest BCUT2D eigenvalue weighted by molar-refractivity contribution is 0.105. The Morgan fingerprint density at radius 2 is 1.87 bits per heavy atom. The van der Waals surface area contributed by atoms with Crippen LogP contribution in [0.25, 0.3) is 0 Å². The highest BCUT2D eigenvalue weighted by Crippen LogP contribution is 2.32. The largest absolute Gasteiger partial charge is 0.394 e. The smallest absolute Gasteiger partial charge is 0.0942 e. The van der Waals surface area contributed by atoms with E-state index in [1.807, 2.05) is 0 Å². The molecule has 1 atom stereocenters. The summed E-state index contributed by atoms with van der Waals surface area (Å²) in [5.41, 5.74) is 0.575. The molecular formula is C9H10Cl2INO2. The first-order valence-corrected chi connectivity index (χ1v) is 6.05. The van der Waals surface area contributed by atoms with Gasteiger partial charge >= 0.3 is 0 Å². The maximum Gasteiger partial charge on any atom is 0.0942 e. The van der Waals surface area contributed by atoms with Gasteiger partial charge in [0.25, 0.3) is 0 Å². The molecule has 0 fully saturated rings. The number of anilines is 1. The fraction of sp³-hybridized carbons (Fsp3) is 0.333. The summed E-state index contributed by atoms with van der Waals surface area (Å²) >= 11 is 14.0. The maximum absolute atomic E-state index is 9.16. The van der Waals surface area contributed by atoms with E-state index in [9.17, 15) is 0 Å². The van der Waals surface area contributed by atoms with E-state index < -0.39 is 6.10 Å². The van der Waals surface area contributed by atoms with Gasteiger partial charge in [0.05, 0.1) is 28.4 Å². The highest BCUT2D eigenvalue weighted by Gasteiger charge is 2.09. The molecule has 1 rings (SSSR count). The van der Waals surface area contributed by atoms with Gasteiger partial charge in [0.2, 0.25) is 0 Å². The van der Waals surface area contributed by atoms with Gasteiger partial charge < -0.3 is 15.5 Å². The van der Waals surface area contributed by atoms with Gasteiger partial charge in [-0.1, -0.05) is 23.2 Å². The van der Waals surface area contributed by atoms with Crippen LogP contribution in [0.4, 0.5) is 5.69 Å². The quantitative estimate of drug-likeness (QED) is 0.721. The third-order valence-corrected chi connectivity index (χ3v) is 2.95. The van der Waals surface area contributed by atoms with Crippen LogP contribution in [0.2, 0.25) is 10.0 Å². The van der Waals surface area contributed by atoms with Crippen LogP contribution < -0.4 is 5.32 Å². The van der Waals surface area contributed by atoms with E-state index in [0.29, 0.717) is 15.7 Å². The van der Waals surface area contributed by atoms with Gasteiger partial charge in [0.1, 0.15) is 0 Å². The first-order valence-electron chi connectivity index (χ1n) is 4.22. The summed E-state index contributed by atoms with van der Waals surface area (Å²) in [6.07, 6.45) is -0.823. The molecule has 0 amide bonds. The normalized spacial score (nSPS) is 12.6. The van der Waals surface area contributed by atoms with Gasteiger partial charge in [0.15, 0.2) is 0 Å². The lowest BCUT2D eigenvalue weighted by atomic mass is 10.3. The standard InChI is InChI=1S/C9H10Cl2INO2/c10-7-1-5(12)2-8(11)9(7)13-3-6(15)4-14/h1-2,6,13-15H,3-4H2. The average Bonchev–Trinajstić information content (AvgIpc) is 2.15. The van der Waals surface area contributed by atoms with Crippen LogP contribution in [-0.4, -0.2) is 29.5 Å². The Bertz CT molecular complexity index is 326. The molecule has 0 aliphatic carbocycles. The van der Waals surface area contributed by atoms with Gasteiger partial charge in [-0.3, -0.25) is 0 Å². The summed E-state index contributed by atoms with van der Waals surface area (Å²) in [5, 5.41) is 21.7. The minimum atomic E-state index is -0.823. The molecular weight excluding hydrogens is 352 g/mol. The zero-order chi connectivity index (χ0) is 11.4. The summed E-state index contributed by atoms with van der Waals surface area (Å²) < 4.78 is 0.941. The number of hydrogen-bond acceptors (Lipinski definition) is 3. The highest BCUT2D eigenvalue weighted by atomic mass is 127. The molecule has 1 aromatic carbocycles. The zero-order valence-corrected chi connectivity index (χ0v) is 11.3. The number of aliphatic hydroxyl groups excluding tert-OH is 2. The van der Waals surface area contributed by atoms with Crippen molar-refractivity contribution in [3.63, 3.8) is 0 Å². The number of benzene rings is 1. The predicted octanol–water partition coefficient (Wildman–Crippen LogP) is 2.36. The van der Waals surface area contributed by atoms with Gasteiger partial charge in [-0.2, -0.15) is 0 Å². The Kier molecular flexibility index (Phi) is 5.42. The van der Waals surface area contributed by atoms with Crippen LogP contribution in [0.5, 0.6) is 0 Å². The third-order valence-electron chi connectivity index (χ3n) is 1.73. The van der Waals surface area contributed by atoms with Crippen molar-refractivity contribution in [3.05, 3.63) is 25.7 Å². The molecule has 1 unspecified atom stereocenters. The Morgan fingerprint density at radius 1 is 1.33 bits per heavy atom. The van der Waals surface area contributed by atoms with Crippen LogP contribution in [0.3, 0.4) is 0 Å². The summed E-state index contributed by atoms with van der Waals surface area (Å²) in [6.45, 7) is -0.0941. The van der Waals surface area contributed by atoms with Crippen LogP contribution >= 0.6 is 45.8 Å². The summed E-state index contributed by atoms with van der Waals surface area (Å²) in [4.78, 5) is 0.